The van der Waals surface area contributed by atoms with Crippen LogP contribution in [0.25, 0.3) is 28.2 Å². The maximum absolute atomic E-state index is 12.0. The Hall–Kier alpha value is -4.82. The first-order chi connectivity index (χ1) is 17.8. The van der Waals surface area contributed by atoms with Crippen LogP contribution in [-0.4, -0.2) is 42.8 Å². The van der Waals surface area contributed by atoms with E-state index in [0.717, 1.165) is 17.5 Å². The van der Waals surface area contributed by atoms with E-state index in [1.165, 1.54) is 6.08 Å². The fourth-order valence-corrected chi connectivity index (χ4v) is 4.22. The van der Waals surface area contributed by atoms with Gasteiger partial charge in [0.2, 0.25) is 5.91 Å². The number of hydrogen-bond acceptors (Lipinski definition) is 9. The second kappa shape index (κ2) is 9.67. The van der Waals surface area contributed by atoms with Crippen molar-refractivity contribution in [3.8, 4) is 23.2 Å². The number of oxazole rings is 1. The smallest absolute Gasteiger partial charge is 0.304 e. The number of allylic oxidation sites excluding steroid dienone is 2. The molecule has 1 amide bonds. The van der Waals surface area contributed by atoms with Gasteiger partial charge in [-0.3, -0.25) is 19.7 Å². The Bertz CT molecular complexity index is 1590. The molecule has 1 fully saturated rings. The van der Waals surface area contributed by atoms with Gasteiger partial charge in [0.25, 0.3) is 0 Å². The quantitative estimate of drug-likeness (QED) is 0.323. The first-order valence-electron chi connectivity index (χ1n) is 11.7. The van der Waals surface area contributed by atoms with E-state index in [9.17, 15) is 9.90 Å². The number of anilines is 2. The lowest BCUT2D eigenvalue weighted by atomic mass is 10.1. The van der Waals surface area contributed by atoms with Crippen molar-refractivity contribution in [2.75, 3.05) is 16.8 Å². The molecular weight excluding hydrogens is 472 g/mol. The SMILES string of the molecule is C/C(=C/C(=N)C#N)Nc1nc(-n2cnc3cc(-c4cnc(N5CCCC5=O)o4)ccc32)ccc1C(C)O. The zero-order valence-corrected chi connectivity index (χ0v) is 20.3. The Labute approximate surface area is 212 Å². The predicted octanol–water partition coefficient (Wildman–Crippen LogP) is 4.11. The van der Waals surface area contributed by atoms with Crippen molar-refractivity contribution in [3.05, 3.63) is 60.2 Å². The lowest BCUT2D eigenvalue weighted by molar-refractivity contribution is -0.117. The number of nitrogens with zero attached hydrogens (tertiary/aromatic N) is 6. The highest BCUT2D eigenvalue weighted by Crippen LogP contribution is 2.30. The molecule has 0 bridgehead atoms. The van der Waals surface area contributed by atoms with E-state index in [1.807, 2.05) is 22.8 Å². The molecule has 37 heavy (non-hydrogen) atoms. The maximum Gasteiger partial charge on any atom is 0.304 e. The Kier molecular flexibility index (Phi) is 6.25. The zero-order valence-electron chi connectivity index (χ0n) is 20.3. The second-order valence-electron chi connectivity index (χ2n) is 8.74. The highest BCUT2D eigenvalue weighted by Gasteiger charge is 2.26. The molecule has 0 saturated carbocycles. The molecule has 4 heterocycles. The summed E-state index contributed by atoms with van der Waals surface area (Å²) in [6.07, 6.45) is 5.17. The van der Waals surface area contributed by atoms with Gasteiger partial charge in [0.15, 0.2) is 5.76 Å². The number of nitriles is 1. The van der Waals surface area contributed by atoms with Crippen LogP contribution < -0.4 is 10.2 Å². The van der Waals surface area contributed by atoms with E-state index < -0.39 is 6.10 Å². The minimum atomic E-state index is -0.781. The summed E-state index contributed by atoms with van der Waals surface area (Å²) < 4.78 is 7.68. The molecule has 1 unspecified atom stereocenters. The van der Waals surface area contributed by atoms with Crippen LogP contribution in [-0.2, 0) is 4.79 Å². The zero-order chi connectivity index (χ0) is 26.1. The molecule has 3 N–H and O–H groups in total. The van der Waals surface area contributed by atoms with Crippen LogP contribution in [0.2, 0.25) is 0 Å². The van der Waals surface area contributed by atoms with Crippen molar-refractivity contribution in [2.45, 2.75) is 32.8 Å². The van der Waals surface area contributed by atoms with Gasteiger partial charge in [-0.25, -0.2) is 15.0 Å². The van der Waals surface area contributed by atoms with Crippen LogP contribution in [0, 0.1) is 16.7 Å². The molecule has 11 nitrogen and oxygen atoms in total. The summed E-state index contributed by atoms with van der Waals surface area (Å²) in [6.45, 7) is 3.96. The van der Waals surface area contributed by atoms with Gasteiger partial charge in [0.05, 0.1) is 23.3 Å². The number of hydrogen-bond donors (Lipinski definition) is 3. The fourth-order valence-electron chi connectivity index (χ4n) is 4.22. The monoisotopic (exact) mass is 496 g/mol. The number of aromatic nitrogens is 4. The summed E-state index contributed by atoms with van der Waals surface area (Å²) in [5.74, 6) is 1.54. The lowest BCUT2D eigenvalue weighted by Gasteiger charge is -2.15. The van der Waals surface area contributed by atoms with Crippen LogP contribution in [0.3, 0.4) is 0 Å². The van der Waals surface area contributed by atoms with Crippen molar-refractivity contribution in [1.29, 1.82) is 10.7 Å². The van der Waals surface area contributed by atoms with Crippen molar-refractivity contribution in [1.82, 2.24) is 19.5 Å². The topological polar surface area (TPSA) is 157 Å². The standard InChI is InChI=1S/C26H24N8O3/c1-15(10-18(28)12-27)31-25-19(16(2)35)6-8-23(32-25)34-14-30-20-11-17(5-7-21(20)34)22-13-29-26(37-22)33-9-3-4-24(33)36/h5-8,10-11,13-14,16,28,35H,3-4,9H2,1-2H3,(H,31,32)/b15-10-,28-18?. The molecule has 1 aromatic carbocycles. The third kappa shape index (κ3) is 4.70. The van der Waals surface area contributed by atoms with E-state index in [4.69, 9.17) is 15.1 Å². The summed E-state index contributed by atoms with van der Waals surface area (Å²) in [5, 5.41) is 29.7. The van der Waals surface area contributed by atoms with Gasteiger partial charge in [-0.15, -0.1) is 0 Å². The molecule has 1 aliphatic heterocycles. The van der Waals surface area contributed by atoms with E-state index in [2.05, 4.69) is 20.3 Å². The van der Waals surface area contributed by atoms with E-state index in [1.54, 1.807) is 49.5 Å². The molecule has 5 rings (SSSR count). The van der Waals surface area contributed by atoms with Crippen molar-refractivity contribution in [3.63, 3.8) is 0 Å². The number of rotatable bonds is 7. The molecule has 1 saturated heterocycles. The lowest BCUT2D eigenvalue weighted by Crippen LogP contribution is -2.23. The number of carbonyl (C=O) groups is 1. The van der Waals surface area contributed by atoms with Crippen molar-refractivity contribution in [2.24, 2.45) is 0 Å². The number of carbonyl (C=O) groups excluding carboxylic acids is 1. The summed E-state index contributed by atoms with van der Waals surface area (Å²) in [5.41, 5.74) is 3.22. The van der Waals surface area contributed by atoms with Gasteiger partial charge in [0, 0.05) is 29.8 Å². The van der Waals surface area contributed by atoms with Gasteiger partial charge in [-0.05, 0) is 56.7 Å². The highest BCUT2D eigenvalue weighted by atomic mass is 16.4. The van der Waals surface area contributed by atoms with E-state index in [-0.39, 0.29) is 11.6 Å². The van der Waals surface area contributed by atoms with Gasteiger partial charge < -0.3 is 14.8 Å². The number of aliphatic hydroxyl groups is 1. The molecule has 1 atom stereocenters. The van der Waals surface area contributed by atoms with Crippen LogP contribution in [0.4, 0.5) is 11.8 Å². The van der Waals surface area contributed by atoms with Crippen LogP contribution >= 0.6 is 0 Å². The summed E-state index contributed by atoms with van der Waals surface area (Å²) >= 11 is 0. The molecule has 186 valence electrons. The van der Waals surface area contributed by atoms with Crippen LogP contribution in [0.1, 0.15) is 38.4 Å². The number of amides is 1. The number of fused-ring (bicyclic) bond motifs is 1. The average Bonchev–Trinajstić information content (AvgIpc) is 3.62. The summed E-state index contributed by atoms with van der Waals surface area (Å²) in [4.78, 5) is 27.0. The average molecular weight is 497 g/mol. The largest absolute Gasteiger partial charge is 0.423 e. The number of pyridine rings is 1. The Balaban J connectivity index is 1.47. The highest BCUT2D eigenvalue weighted by molar-refractivity contribution is 6.05. The van der Waals surface area contributed by atoms with E-state index in [0.29, 0.717) is 53.2 Å². The first-order valence-corrected chi connectivity index (χ1v) is 11.7. The Morgan fingerprint density at radius 2 is 2.16 bits per heavy atom. The number of imidazole rings is 1. The van der Waals surface area contributed by atoms with E-state index >= 15 is 0 Å². The van der Waals surface area contributed by atoms with Crippen molar-refractivity contribution < 1.29 is 14.3 Å². The molecule has 1 aliphatic rings. The van der Waals surface area contributed by atoms with Gasteiger partial charge in [-0.1, -0.05) is 0 Å². The molecule has 0 spiro atoms. The summed E-state index contributed by atoms with van der Waals surface area (Å²) in [6, 6.07) is 11.3. The van der Waals surface area contributed by atoms with Crippen LogP contribution in [0.15, 0.2) is 59.0 Å². The molecule has 11 heteroatoms. The van der Waals surface area contributed by atoms with Crippen molar-refractivity contribution >= 4 is 34.5 Å². The predicted molar refractivity (Wildman–Crippen MR) is 137 cm³/mol. The third-order valence-corrected chi connectivity index (χ3v) is 6.04. The maximum atomic E-state index is 12.0. The minimum Gasteiger partial charge on any atom is -0.423 e. The third-order valence-electron chi connectivity index (χ3n) is 6.04. The second-order valence-corrected chi connectivity index (χ2v) is 8.74. The number of benzene rings is 1. The van der Waals surface area contributed by atoms with Crippen LogP contribution in [0.5, 0.6) is 0 Å². The summed E-state index contributed by atoms with van der Waals surface area (Å²) in [7, 11) is 0. The molecule has 0 aliphatic carbocycles. The van der Waals surface area contributed by atoms with Gasteiger partial charge in [-0.2, -0.15) is 5.26 Å². The van der Waals surface area contributed by atoms with Gasteiger partial charge >= 0.3 is 6.01 Å². The normalized spacial score (nSPS) is 14.7. The Morgan fingerprint density at radius 3 is 2.89 bits per heavy atom. The molecule has 4 aromatic rings. The minimum absolute atomic E-state index is 0.0135. The molecular formula is C26H24N8O3. The molecule has 3 aromatic heterocycles. The Morgan fingerprint density at radius 1 is 1.32 bits per heavy atom. The first kappa shape index (κ1) is 23.9. The van der Waals surface area contributed by atoms with Gasteiger partial charge in [0.1, 0.15) is 29.7 Å². The molecule has 0 radical (unpaired) electrons. The fraction of sp³-hybridized carbons (Fsp3) is 0.231. The number of nitrogens with one attached hydrogen (secondary N) is 2. The number of aliphatic hydroxyl groups excluding tert-OH is 1.